The minimum atomic E-state index is -0.661. The Hall–Kier alpha value is -3.59. The first-order valence-electron chi connectivity index (χ1n) is 11.4. The Morgan fingerprint density at radius 1 is 1.23 bits per heavy atom. The van der Waals surface area contributed by atoms with Gasteiger partial charge in [0.25, 0.3) is 5.91 Å². The highest BCUT2D eigenvalue weighted by Crippen LogP contribution is 2.35. The summed E-state index contributed by atoms with van der Waals surface area (Å²) in [6.45, 7) is 4.51. The molecule has 2 aliphatic rings. The number of nitrogens with one attached hydrogen (secondary N) is 3. The van der Waals surface area contributed by atoms with E-state index in [0.717, 1.165) is 16.7 Å². The summed E-state index contributed by atoms with van der Waals surface area (Å²) in [7, 11) is 1.51. The van der Waals surface area contributed by atoms with Crippen LogP contribution in [0.3, 0.4) is 0 Å². The van der Waals surface area contributed by atoms with Gasteiger partial charge in [-0.15, -0.1) is 0 Å². The summed E-state index contributed by atoms with van der Waals surface area (Å²) in [6, 6.07) is 7.80. The number of ether oxygens (including phenoxy) is 1. The van der Waals surface area contributed by atoms with Crippen LogP contribution in [-0.2, 0) is 22.7 Å². The van der Waals surface area contributed by atoms with Gasteiger partial charge in [-0.25, -0.2) is 4.79 Å². The van der Waals surface area contributed by atoms with Crippen LogP contribution in [0.15, 0.2) is 30.3 Å². The molecule has 2 aromatic carbocycles. The Labute approximate surface area is 208 Å². The summed E-state index contributed by atoms with van der Waals surface area (Å²) >= 11 is 6.23. The summed E-state index contributed by atoms with van der Waals surface area (Å²) in [5.74, 6) is -0.427. The fraction of sp³-hybridized carbons (Fsp3) is 0.360. The minimum Gasteiger partial charge on any atom is -0.495 e. The molecule has 1 unspecified atom stereocenters. The molecular formula is C25H27ClN4O5. The summed E-state index contributed by atoms with van der Waals surface area (Å²) in [5, 5.41) is 8.42. The number of amides is 5. The van der Waals surface area contributed by atoms with Crippen molar-refractivity contribution in [1.29, 1.82) is 0 Å². The van der Waals surface area contributed by atoms with Crippen molar-refractivity contribution in [3.63, 3.8) is 0 Å². The number of hydrogen-bond donors (Lipinski definition) is 3. The fourth-order valence-electron chi connectivity index (χ4n) is 4.37. The molecule has 2 heterocycles. The number of piperidine rings is 1. The Morgan fingerprint density at radius 3 is 2.69 bits per heavy atom. The van der Waals surface area contributed by atoms with Gasteiger partial charge in [-0.05, 0) is 41.2 Å². The highest BCUT2D eigenvalue weighted by Gasteiger charge is 2.39. The number of rotatable bonds is 6. The fourth-order valence-corrected chi connectivity index (χ4v) is 4.62. The van der Waals surface area contributed by atoms with E-state index in [-0.39, 0.29) is 30.7 Å². The Morgan fingerprint density at radius 2 is 2.00 bits per heavy atom. The van der Waals surface area contributed by atoms with Crippen molar-refractivity contribution in [1.82, 2.24) is 15.5 Å². The predicted octanol–water partition coefficient (Wildman–Crippen LogP) is 3.55. The molecule has 1 atom stereocenters. The van der Waals surface area contributed by atoms with Crippen LogP contribution < -0.4 is 20.7 Å². The average molecular weight is 499 g/mol. The third-order valence-electron chi connectivity index (χ3n) is 6.24. The van der Waals surface area contributed by atoms with E-state index < -0.39 is 18.0 Å². The molecule has 10 heteroatoms. The van der Waals surface area contributed by atoms with Crippen molar-refractivity contribution in [2.24, 2.45) is 0 Å². The van der Waals surface area contributed by atoms with Gasteiger partial charge in [0.1, 0.15) is 11.8 Å². The van der Waals surface area contributed by atoms with E-state index in [9.17, 15) is 19.2 Å². The van der Waals surface area contributed by atoms with Crippen LogP contribution in [0.2, 0.25) is 5.02 Å². The van der Waals surface area contributed by atoms with Crippen molar-refractivity contribution in [2.45, 2.75) is 51.7 Å². The summed E-state index contributed by atoms with van der Waals surface area (Å²) < 4.78 is 5.27. The number of methoxy groups -OCH3 is 1. The van der Waals surface area contributed by atoms with Gasteiger partial charge in [-0.1, -0.05) is 37.6 Å². The normalized spacial score (nSPS) is 17.3. The predicted molar refractivity (Wildman–Crippen MR) is 130 cm³/mol. The lowest BCUT2D eigenvalue weighted by atomic mass is 10.0. The summed E-state index contributed by atoms with van der Waals surface area (Å²) in [5.41, 5.74) is 3.53. The molecule has 0 aromatic heterocycles. The molecule has 0 aliphatic carbocycles. The zero-order valence-electron chi connectivity index (χ0n) is 19.7. The molecule has 2 aliphatic heterocycles. The van der Waals surface area contributed by atoms with Crippen LogP contribution in [0.25, 0.3) is 0 Å². The van der Waals surface area contributed by atoms with Gasteiger partial charge in [-0.3, -0.25) is 19.7 Å². The quantitative estimate of drug-likeness (QED) is 0.526. The second-order valence-electron chi connectivity index (χ2n) is 8.93. The third-order valence-corrected chi connectivity index (χ3v) is 6.54. The highest BCUT2D eigenvalue weighted by atomic mass is 35.5. The summed E-state index contributed by atoms with van der Waals surface area (Å²) in [6.07, 6.45) is 0.520. The van der Waals surface area contributed by atoms with E-state index in [1.54, 1.807) is 18.2 Å². The number of hydrogen-bond acceptors (Lipinski definition) is 5. The Bertz CT molecular complexity index is 1210. The van der Waals surface area contributed by atoms with Crippen LogP contribution in [0.5, 0.6) is 5.75 Å². The molecule has 4 rings (SSSR count). The monoisotopic (exact) mass is 498 g/mol. The number of carbonyl (C=O) groups excluding carboxylic acids is 4. The number of carbonyl (C=O) groups is 4. The van der Waals surface area contributed by atoms with E-state index in [0.29, 0.717) is 35.0 Å². The molecule has 0 radical (unpaired) electrons. The molecule has 35 heavy (non-hydrogen) atoms. The molecule has 3 N–H and O–H groups in total. The van der Waals surface area contributed by atoms with Gasteiger partial charge in [-0.2, -0.15) is 0 Å². The molecule has 9 nitrogen and oxygen atoms in total. The van der Waals surface area contributed by atoms with Crippen molar-refractivity contribution >= 4 is 41.0 Å². The van der Waals surface area contributed by atoms with Gasteiger partial charge in [0.05, 0.1) is 12.1 Å². The number of imide groups is 1. The van der Waals surface area contributed by atoms with Crippen molar-refractivity contribution < 1.29 is 23.9 Å². The average Bonchev–Trinajstić information content (AvgIpc) is 3.14. The van der Waals surface area contributed by atoms with Crippen LogP contribution in [-0.4, -0.2) is 41.8 Å². The number of benzene rings is 2. The minimum absolute atomic E-state index is 0.128. The number of nitrogens with zero attached hydrogens (tertiary/aromatic N) is 1. The standard InChI is InChI=1S/C25H27ClN4O5/c1-13(2)16-9-18(26)21(35-3)10-19(16)28-25(34)27-11-14-4-5-15-12-30(24(33)17(15)8-14)20-6-7-22(31)29-23(20)32/h4-5,8-10,13,20H,6-7,11-12H2,1-3H3,(H2,27,28,34)(H,29,31,32). The number of halogens is 1. The number of fused-ring (bicyclic) bond motifs is 1. The molecule has 0 bridgehead atoms. The highest BCUT2D eigenvalue weighted by molar-refractivity contribution is 6.32. The van der Waals surface area contributed by atoms with Crippen LogP contribution in [0.4, 0.5) is 10.5 Å². The molecule has 2 aromatic rings. The summed E-state index contributed by atoms with van der Waals surface area (Å²) in [4.78, 5) is 50.7. The first-order valence-corrected chi connectivity index (χ1v) is 11.7. The van der Waals surface area contributed by atoms with Gasteiger partial charge >= 0.3 is 6.03 Å². The zero-order valence-corrected chi connectivity index (χ0v) is 20.5. The van der Waals surface area contributed by atoms with Crippen molar-refractivity contribution in [3.05, 3.63) is 57.6 Å². The maximum Gasteiger partial charge on any atom is 0.319 e. The smallest absolute Gasteiger partial charge is 0.319 e. The number of urea groups is 1. The van der Waals surface area contributed by atoms with Gasteiger partial charge in [0.2, 0.25) is 11.8 Å². The van der Waals surface area contributed by atoms with E-state index in [2.05, 4.69) is 16.0 Å². The zero-order chi connectivity index (χ0) is 25.3. The maximum absolute atomic E-state index is 13.0. The lowest BCUT2D eigenvalue weighted by Crippen LogP contribution is -2.52. The van der Waals surface area contributed by atoms with Crippen LogP contribution in [0.1, 0.15) is 59.7 Å². The van der Waals surface area contributed by atoms with Crippen molar-refractivity contribution in [2.75, 3.05) is 12.4 Å². The molecule has 1 saturated heterocycles. The first kappa shape index (κ1) is 24.5. The third kappa shape index (κ3) is 5.09. The van der Waals surface area contributed by atoms with E-state index in [1.165, 1.54) is 12.0 Å². The molecule has 184 valence electrons. The molecule has 0 spiro atoms. The topological polar surface area (TPSA) is 117 Å². The first-order chi connectivity index (χ1) is 16.7. The molecule has 0 saturated carbocycles. The van der Waals surface area contributed by atoms with Crippen LogP contribution in [0, 0.1) is 0 Å². The second kappa shape index (κ2) is 9.95. The SMILES string of the molecule is COc1cc(NC(=O)NCc2ccc3c(c2)C(=O)N(C2CCC(=O)NC2=O)C3)c(C(C)C)cc1Cl. The Kier molecular flexibility index (Phi) is 6.98. The maximum atomic E-state index is 13.0. The Balaban J connectivity index is 1.42. The second-order valence-corrected chi connectivity index (χ2v) is 9.34. The van der Waals surface area contributed by atoms with Crippen LogP contribution >= 0.6 is 11.6 Å². The number of anilines is 1. The van der Waals surface area contributed by atoms with E-state index >= 15 is 0 Å². The lowest BCUT2D eigenvalue weighted by Gasteiger charge is -2.29. The van der Waals surface area contributed by atoms with Gasteiger partial charge in [0.15, 0.2) is 0 Å². The van der Waals surface area contributed by atoms with E-state index in [4.69, 9.17) is 16.3 Å². The molecule has 5 amide bonds. The lowest BCUT2D eigenvalue weighted by molar-refractivity contribution is -0.136. The largest absolute Gasteiger partial charge is 0.495 e. The van der Waals surface area contributed by atoms with Gasteiger partial charge in [0, 0.05) is 36.8 Å². The van der Waals surface area contributed by atoms with Crippen molar-refractivity contribution in [3.8, 4) is 5.75 Å². The molecule has 1 fully saturated rings. The molecular weight excluding hydrogens is 472 g/mol. The van der Waals surface area contributed by atoms with E-state index in [1.807, 2.05) is 26.0 Å². The van der Waals surface area contributed by atoms with Gasteiger partial charge < -0.3 is 20.3 Å².